The Kier molecular flexibility index (Phi) is 4.28. The van der Waals surface area contributed by atoms with Gasteiger partial charge in [0.25, 0.3) is 0 Å². The van der Waals surface area contributed by atoms with E-state index in [2.05, 4.69) is 12.2 Å². The highest BCUT2D eigenvalue weighted by Crippen LogP contribution is 2.17. The molecule has 0 rings (SSSR count). The zero-order valence-electron chi connectivity index (χ0n) is 7.21. The number of alkyl halides is 3. The van der Waals surface area contributed by atoms with Gasteiger partial charge in [0, 0.05) is 7.05 Å². The summed E-state index contributed by atoms with van der Waals surface area (Å²) in [5.74, 6) is -0.755. The van der Waals surface area contributed by atoms with Crippen molar-refractivity contribution in [2.45, 2.75) is 6.18 Å². The van der Waals surface area contributed by atoms with Crippen molar-refractivity contribution in [3.63, 3.8) is 0 Å². The van der Waals surface area contributed by atoms with Crippen molar-refractivity contribution >= 4 is 27.2 Å². The molecule has 0 aliphatic rings. The van der Waals surface area contributed by atoms with Gasteiger partial charge in [0.15, 0.2) is 0 Å². The minimum atomic E-state index is -4.57. The van der Waals surface area contributed by atoms with E-state index in [0.717, 1.165) is 7.05 Å². The van der Waals surface area contributed by atoms with Crippen LogP contribution in [0.1, 0.15) is 0 Å². The average molecular weight is 250 g/mol. The summed E-state index contributed by atoms with van der Waals surface area (Å²) in [4.78, 5) is -0.362. The Bertz CT molecular complexity index is 311. The summed E-state index contributed by atoms with van der Waals surface area (Å²) in [5, 5.41) is 0. The molecule has 14 heavy (non-hydrogen) atoms. The first-order valence-corrected chi connectivity index (χ1v) is 5.35. The fourth-order valence-corrected chi connectivity index (χ4v) is 2.01. The Morgan fingerprint density at radius 2 is 1.93 bits per heavy atom. The van der Waals surface area contributed by atoms with Crippen molar-refractivity contribution in [1.82, 2.24) is 4.31 Å². The quantitative estimate of drug-likeness (QED) is 0.719. The van der Waals surface area contributed by atoms with Crippen molar-refractivity contribution < 1.29 is 21.6 Å². The lowest BCUT2D eigenvalue weighted by atomic mass is 10.6. The first-order chi connectivity index (χ1) is 6.04. The number of hydrogen-bond acceptors (Lipinski definition) is 3. The van der Waals surface area contributed by atoms with E-state index < -0.39 is 28.5 Å². The molecule has 9 heteroatoms. The van der Waals surface area contributed by atoms with Crippen LogP contribution in [-0.4, -0.2) is 43.2 Å². The summed E-state index contributed by atoms with van der Waals surface area (Å²) in [6.45, 7) is -1.54. The Morgan fingerprint density at radius 3 is 2.21 bits per heavy atom. The molecule has 0 heterocycles. The number of nitrogens with zero attached hydrogens (tertiary/aromatic N) is 1. The molecule has 2 N–H and O–H groups in total. The fourth-order valence-electron chi connectivity index (χ4n) is 0.641. The van der Waals surface area contributed by atoms with Gasteiger partial charge in [-0.15, -0.1) is 0 Å². The molecule has 0 unspecified atom stereocenters. The smallest absolute Gasteiger partial charge is 0.392 e. The molecule has 0 aromatic rings. The van der Waals surface area contributed by atoms with Crippen LogP contribution in [0.25, 0.3) is 0 Å². The minimum absolute atomic E-state index is 0.173. The maximum absolute atomic E-state index is 11.8. The van der Waals surface area contributed by atoms with Crippen molar-refractivity contribution in [1.29, 1.82) is 0 Å². The molecule has 84 valence electrons. The summed E-state index contributed by atoms with van der Waals surface area (Å²) in [7, 11) is -3.23. The van der Waals surface area contributed by atoms with Crippen molar-refractivity contribution in [3.05, 3.63) is 0 Å². The zero-order valence-corrected chi connectivity index (χ0v) is 8.84. The Morgan fingerprint density at radius 1 is 1.50 bits per heavy atom. The van der Waals surface area contributed by atoms with Crippen LogP contribution in [0.2, 0.25) is 0 Å². The van der Waals surface area contributed by atoms with Crippen LogP contribution in [0.5, 0.6) is 0 Å². The van der Waals surface area contributed by atoms with Gasteiger partial charge >= 0.3 is 6.18 Å². The van der Waals surface area contributed by atoms with Crippen molar-refractivity contribution in [3.8, 4) is 0 Å². The van der Waals surface area contributed by atoms with Gasteiger partial charge in [-0.25, -0.2) is 8.42 Å². The van der Waals surface area contributed by atoms with Gasteiger partial charge in [0.2, 0.25) is 10.0 Å². The highest BCUT2D eigenvalue weighted by atomic mass is 32.2. The number of rotatable bonds is 4. The van der Waals surface area contributed by atoms with E-state index in [4.69, 9.17) is 5.73 Å². The minimum Gasteiger partial charge on any atom is -0.392 e. The van der Waals surface area contributed by atoms with Gasteiger partial charge < -0.3 is 5.73 Å². The van der Waals surface area contributed by atoms with Crippen LogP contribution in [0.4, 0.5) is 13.2 Å². The van der Waals surface area contributed by atoms with Crippen LogP contribution in [-0.2, 0) is 10.0 Å². The lowest BCUT2D eigenvalue weighted by Crippen LogP contribution is -2.39. The van der Waals surface area contributed by atoms with E-state index in [1.807, 2.05) is 0 Å². The molecule has 0 saturated heterocycles. The normalized spacial score (nSPS) is 13.2. The van der Waals surface area contributed by atoms with E-state index in [1.165, 1.54) is 0 Å². The molecule has 0 saturated carbocycles. The second-order valence-corrected chi connectivity index (χ2v) is 5.19. The number of nitrogens with two attached hydrogens (primary N) is 1. The topological polar surface area (TPSA) is 63.4 Å². The highest BCUT2D eigenvalue weighted by molar-refractivity contribution is 7.92. The summed E-state index contributed by atoms with van der Waals surface area (Å²) in [5.41, 5.74) is 4.92. The van der Waals surface area contributed by atoms with E-state index in [1.54, 1.807) is 0 Å². The molecule has 4 nitrogen and oxygen atoms in total. The SMILES string of the molecule is CN(CC(F)(F)F)S(=O)(=O)CC(N)=S. The third-order valence-electron chi connectivity index (χ3n) is 1.20. The summed E-state index contributed by atoms with van der Waals surface area (Å²) < 4.78 is 57.7. The maximum Gasteiger partial charge on any atom is 0.402 e. The monoisotopic (exact) mass is 250 g/mol. The van der Waals surface area contributed by atoms with Gasteiger partial charge in [-0.2, -0.15) is 17.5 Å². The standard InChI is InChI=1S/C5H9F3N2O2S2/c1-10(3-5(6,7)8)14(11,12)2-4(9)13/h2-3H2,1H3,(H2,9,13). The zero-order chi connectivity index (χ0) is 11.6. The third kappa shape index (κ3) is 5.35. The van der Waals surface area contributed by atoms with Crippen molar-refractivity contribution in [2.75, 3.05) is 19.3 Å². The van der Waals surface area contributed by atoms with Crippen LogP contribution < -0.4 is 5.73 Å². The summed E-state index contributed by atoms with van der Waals surface area (Å²) in [6, 6.07) is 0. The second kappa shape index (κ2) is 4.41. The number of hydrogen-bond donors (Lipinski definition) is 1. The Labute approximate surface area is 84.9 Å². The molecule has 0 fully saturated rings. The fraction of sp³-hybridized carbons (Fsp3) is 0.800. The van der Waals surface area contributed by atoms with Crippen LogP contribution >= 0.6 is 12.2 Å². The maximum atomic E-state index is 11.8. The second-order valence-electron chi connectivity index (χ2n) is 2.59. The van der Waals surface area contributed by atoms with E-state index in [0.29, 0.717) is 0 Å². The molecule has 0 aromatic heterocycles. The molecule has 0 radical (unpaired) electrons. The van der Waals surface area contributed by atoms with Gasteiger partial charge in [0.1, 0.15) is 12.3 Å². The van der Waals surface area contributed by atoms with Crippen LogP contribution in [0.3, 0.4) is 0 Å². The molecule has 0 bridgehead atoms. The lowest BCUT2D eigenvalue weighted by Gasteiger charge is -2.18. The third-order valence-corrected chi connectivity index (χ3v) is 3.28. The van der Waals surface area contributed by atoms with Crippen LogP contribution in [0, 0.1) is 0 Å². The van der Waals surface area contributed by atoms with E-state index >= 15 is 0 Å². The molecule has 0 atom stereocenters. The Hall–Kier alpha value is -0.410. The number of halogens is 3. The van der Waals surface area contributed by atoms with Crippen LogP contribution in [0.15, 0.2) is 0 Å². The number of thiocarbonyl (C=S) groups is 1. The molecular formula is C5H9F3N2O2S2. The van der Waals surface area contributed by atoms with E-state index in [-0.39, 0.29) is 9.29 Å². The number of sulfonamides is 1. The molecule has 0 aliphatic heterocycles. The highest BCUT2D eigenvalue weighted by Gasteiger charge is 2.34. The molecule has 0 amide bonds. The van der Waals surface area contributed by atoms with Gasteiger partial charge in [-0.05, 0) is 0 Å². The first-order valence-electron chi connectivity index (χ1n) is 3.33. The predicted octanol–water partition coefficient (Wildman–Crippen LogP) is 0.0964. The largest absolute Gasteiger partial charge is 0.402 e. The molecule has 0 aromatic carbocycles. The van der Waals surface area contributed by atoms with E-state index in [9.17, 15) is 21.6 Å². The van der Waals surface area contributed by atoms with Gasteiger partial charge in [0.05, 0.1) is 4.99 Å². The first kappa shape index (κ1) is 13.6. The molecule has 0 spiro atoms. The Balaban J connectivity index is 4.53. The van der Waals surface area contributed by atoms with Gasteiger partial charge in [-0.3, -0.25) is 0 Å². The molecule has 0 aliphatic carbocycles. The van der Waals surface area contributed by atoms with Crippen molar-refractivity contribution in [2.24, 2.45) is 5.73 Å². The lowest BCUT2D eigenvalue weighted by molar-refractivity contribution is -0.134. The summed E-state index contributed by atoms with van der Waals surface area (Å²) in [6.07, 6.45) is -4.57. The van der Waals surface area contributed by atoms with Gasteiger partial charge in [-0.1, -0.05) is 12.2 Å². The predicted molar refractivity (Wildman–Crippen MR) is 49.3 cm³/mol. The summed E-state index contributed by atoms with van der Waals surface area (Å²) >= 11 is 4.29. The average Bonchev–Trinajstić information content (AvgIpc) is 1.79. The molecular weight excluding hydrogens is 241 g/mol.